The van der Waals surface area contributed by atoms with E-state index in [1.54, 1.807) is 30.2 Å². The molecule has 28 heavy (non-hydrogen) atoms. The molecule has 1 aliphatic rings. The van der Waals surface area contributed by atoms with Gasteiger partial charge in [-0.2, -0.15) is 0 Å². The van der Waals surface area contributed by atoms with Crippen molar-refractivity contribution in [1.29, 1.82) is 0 Å². The SMILES string of the molecule is COc1cc(CNCc2ccccc2F)ccc1OCC(=O)N1CCOCC1. The Morgan fingerprint density at radius 3 is 2.68 bits per heavy atom. The summed E-state index contributed by atoms with van der Waals surface area (Å²) in [6, 6.07) is 12.2. The summed E-state index contributed by atoms with van der Waals surface area (Å²) in [6.45, 7) is 3.24. The van der Waals surface area contributed by atoms with Crippen molar-refractivity contribution in [3.05, 3.63) is 59.4 Å². The van der Waals surface area contributed by atoms with Gasteiger partial charge in [0.15, 0.2) is 18.1 Å². The minimum Gasteiger partial charge on any atom is -0.493 e. The lowest BCUT2D eigenvalue weighted by atomic mass is 10.1. The predicted octanol–water partition coefficient (Wildman–Crippen LogP) is 2.36. The van der Waals surface area contributed by atoms with E-state index in [4.69, 9.17) is 14.2 Å². The van der Waals surface area contributed by atoms with Crippen molar-refractivity contribution >= 4 is 5.91 Å². The number of halogens is 1. The maximum absolute atomic E-state index is 13.7. The molecule has 1 fully saturated rings. The van der Waals surface area contributed by atoms with Gasteiger partial charge in [-0.15, -0.1) is 0 Å². The first-order valence-electron chi connectivity index (χ1n) is 9.26. The van der Waals surface area contributed by atoms with Crippen LogP contribution in [0.15, 0.2) is 42.5 Å². The van der Waals surface area contributed by atoms with Gasteiger partial charge in [-0.1, -0.05) is 24.3 Å². The lowest BCUT2D eigenvalue weighted by molar-refractivity contribution is -0.137. The standard InChI is InChI=1S/C21H25FN2O4/c1-26-20-12-16(13-23-14-17-4-2-3-5-18(17)22)6-7-19(20)28-15-21(25)24-8-10-27-11-9-24/h2-7,12,23H,8-11,13-15H2,1H3. The van der Waals surface area contributed by atoms with Crippen LogP contribution in [0.4, 0.5) is 4.39 Å². The summed E-state index contributed by atoms with van der Waals surface area (Å²) >= 11 is 0. The average Bonchev–Trinajstić information content (AvgIpc) is 2.74. The molecule has 1 heterocycles. The molecule has 1 saturated heterocycles. The third-order valence-corrected chi connectivity index (χ3v) is 4.55. The Hall–Kier alpha value is -2.64. The van der Waals surface area contributed by atoms with Gasteiger partial charge >= 0.3 is 0 Å². The summed E-state index contributed by atoms with van der Waals surface area (Å²) in [5.74, 6) is 0.782. The van der Waals surface area contributed by atoms with Crippen LogP contribution in [0.2, 0.25) is 0 Å². The Morgan fingerprint density at radius 2 is 1.93 bits per heavy atom. The number of benzene rings is 2. The molecule has 2 aromatic carbocycles. The molecular formula is C21H25FN2O4. The van der Waals surface area contributed by atoms with E-state index in [1.807, 2.05) is 18.2 Å². The molecule has 0 aliphatic carbocycles. The minimum atomic E-state index is -0.221. The Labute approximate surface area is 164 Å². The molecule has 2 aromatic rings. The lowest BCUT2D eigenvalue weighted by Gasteiger charge is -2.26. The molecule has 6 nitrogen and oxygen atoms in total. The van der Waals surface area contributed by atoms with Gasteiger partial charge in [0.05, 0.1) is 20.3 Å². The molecule has 150 valence electrons. The van der Waals surface area contributed by atoms with E-state index >= 15 is 0 Å². The molecule has 0 saturated carbocycles. The Balaban J connectivity index is 1.53. The fourth-order valence-corrected chi connectivity index (χ4v) is 2.97. The van der Waals surface area contributed by atoms with Crippen molar-refractivity contribution in [3.63, 3.8) is 0 Å². The zero-order valence-electron chi connectivity index (χ0n) is 15.9. The zero-order valence-corrected chi connectivity index (χ0v) is 15.9. The number of nitrogens with zero attached hydrogens (tertiary/aromatic N) is 1. The average molecular weight is 388 g/mol. The number of hydrogen-bond donors (Lipinski definition) is 1. The number of morpholine rings is 1. The molecule has 7 heteroatoms. The summed E-state index contributed by atoms with van der Waals surface area (Å²) < 4.78 is 30.0. The van der Waals surface area contributed by atoms with Crippen LogP contribution >= 0.6 is 0 Å². The van der Waals surface area contributed by atoms with Crippen molar-refractivity contribution in [3.8, 4) is 11.5 Å². The zero-order chi connectivity index (χ0) is 19.8. The van der Waals surface area contributed by atoms with E-state index < -0.39 is 0 Å². The van der Waals surface area contributed by atoms with E-state index in [0.29, 0.717) is 56.5 Å². The number of hydrogen-bond acceptors (Lipinski definition) is 5. The molecule has 0 spiro atoms. The smallest absolute Gasteiger partial charge is 0.260 e. The quantitative estimate of drug-likeness (QED) is 0.752. The Morgan fingerprint density at radius 1 is 1.14 bits per heavy atom. The van der Waals surface area contributed by atoms with Crippen LogP contribution in [0.3, 0.4) is 0 Å². The second kappa shape index (κ2) is 10.1. The maximum atomic E-state index is 13.7. The highest BCUT2D eigenvalue weighted by molar-refractivity contribution is 5.78. The van der Waals surface area contributed by atoms with Crippen LogP contribution in [0.5, 0.6) is 11.5 Å². The summed E-state index contributed by atoms with van der Waals surface area (Å²) in [7, 11) is 1.56. The molecule has 0 unspecified atom stereocenters. The van der Waals surface area contributed by atoms with E-state index in [1.165, 1.54) is 6.07 Å². The van der Waals surface area contributed by atoms with Crippen LogP contribution in [-0.2, 0) is 22.6 Å². The third kappa shape index (κ3) is 5.43. The fraction of sp³-hybridized carbons (Fsp3) is 0.381. The highest BCUT2D eigenvalue weighted by Gasteiger charge is 2.18. The second-order valence-electron chi connectivity index (χ2n) is 6.46. The number of amides is 1. The molecule has 1 N–H and O–H groups in total. The van der Waals surface area contributed by atoms with Crippen molar-refractivity contribution < 1.29 is 23.4 Å². The van der Waals surface area contributed by atoms with Gasteiger partial charge in [-0.25, -0.2) is 4.39 Å². The largest absolute Gasteiger partial charge is 0.493 e. The van der Waals surface area contributed by atoms with Crippen molar-refractivity contribution in [2.75, 3.05) is 40.0 Å². The van der Waals surface area contributed by atoms with Gasteiger partial charge in [-0.05, 0) is 23.8 Å². The van der Waals surface area contributed by atoms with E-state index in [9.17, 15) is 9.18 Å². The lowest BCUT2D eigenvalue weighted by Crippen LogP contribution is -2.43. The predicted molar refractivity (Wildman–Crippen MR) is 103 cm³/mol. The van der Waals surface area contributed by atoms with Crippen LogP contribution in [0.25, 0.3) is 0 Å². The van der Waals surface area contributed by atoms with Gasteiger partial charge in [-0.3, -0.25) is 4.79 Å². The molecule has 3 rings (SSSR count). The number of rotatable bonds is 8. The third-order valence-electron chi connectivity index (χ3n) is 4.55. The molecular weight excluding hydrogens is 363 g/mol. The van der Waals surface area contributed by atoms with E-state index in [2.05, 4.69) is 5.32 Å². The first-order chi connectivity index (χ1) is 13.7. The van der Waals surface area contributed by atoms with E-state index in [0.717, 1.165) is 5.56 Å². The summed E-state index contributed by atoms with van der Waals surface area (Å²) in [5, 5.41) is 3.21. The van der Waals surface area contributed by atoms with Gasteiger partial charge in [0.25, 0.3) is 5.91 Å². The molecule has 0 aromatic heterocycles. The Kier molecular flexibility index (Phi) is 7.22. The summed E-state index contributed by atoms with van der Waals surface area (Å²) in [6.07, 6.45) is 0. The number of ether oxygens (including phenoxy) is 3. The summed E-state index contributed by atoms with van der Waals surface area (Å²) in [4.78, 5) is 13.9. The van der Waals surface area contributed by atoms with Gasteiger partial charge in [0.2, 0.25) is 0 Å². The highest BCUT2D eigenvalue weighted by Crippen LogP contribution is 2.28. The van der Waals surface area contributed by atoms with Gasteiger partial charge in [0.1, 0.15) is 5.82 Å². The van der Waals surface area contributed by atoms with Gasteiger partial charge in [0, 0.05) is 31.7 Å². The van der Waals surface area contributed by atoms with Crippen LogP contribution in [0.1, 0.15) is 11.1 Å². The topological polar surface area (TPSA) is 60.0 Å². The maximum Gasteiger partial charge on any atom is 0.260 e. The number of carbonyl (C=O) groups excluding carboxylic acids is 1. The Bertz CT molecular complexity index is 794. The fourth-order valence-electron chi connectivity index (χ4n) is 2.97. The number of carbonyl (C=O) groups is 1. The number of nitrogens with one attached hydrogen (secondary N) is 1. The second-order valence-corrected chi connectivity index (χ2v) is 6.46. The molecule has 0 radical (unpaired) electrons. The van der Waals surface area contributed by atoms with Crippen LogP contribution < -0.4 is 14.8 Å². The molecule has 0 bridgehead atoms. The molecule has 0 atom stereocenters. The van der Waals surface area contributed by atoms with Crippen LogP contribution in [-0.4, -0.2) is 50.8 Å². The number of methoxy groups -OCH3 is 1. The highest BCUT2D eigenvalue weighted by atomic mass is 19.1. The summed E-state index contributed by atoms with van der Waals surface area (Å²) in [5.41, 5.74) is 1.59. The van der Waals surface area contributed by atoms with E-state index in [-0.39, 0.29) is 18.3 Å². The first-order valence-corrected chi connectivity index (χ1v) is 9.26. The normalized spacial score (nSPS) is 14.0. The van der Waals surface area contributed by atoms with Crippen molar-refractivity contribution in [1.82, 2.24) is 10.2 Å². The van der Waals surface area contributed by atoms with Crippen molar-refractivity contribution in [2.24, 2.45) is 0 Å². The monoisotopic (exact) mass is 388 g/mol. The first kappa shape index (κ1) is 20.1. The minimum absolute atomic E-state index is 0.0404. The van der Waals surface area contributed by atoms with Gasteiger partial charge < -0.3 is 24.4 Å². The van der Waals surface area contributed by atoms with Crippen LogP contribution in [0, 0.1) is 5.82 Å². The van der Waals surface area contributed by atoms with Crippen molar-refractivity contribution in [2.45, 2.75) is 13.1 Å². The molecule has 1 aliphatic heterocycles. The molecule has 1 amide bonds.